The Morgan fingerprint density at radius 1 is 1.24 bits per heavy atom. The molecule has 0 aliphatic heterocycles. The smallest absolute Gasteiger partial charge is 0.168 e. The number of hydrogen-bond acceptors (Lipinski definition) is 3. The van der Waals surface area contributed by atoms with Crippen LogP contribution in [0.5, 0.6) is 0 Å². The number of rotatable bonds is 6. The number of para-hydroxylation sites is 1. The van der Waals surface area contributed by atoms with Gasteiger partial charge in [0.15, 0.2) is 5.78 Å². The number of anilines is 1. The molecule has 3 nitrogen and oxygen atoms in total. The molecule has 1 aliphatic rings. The number of ether oxygens (including phenoxy) is 1. The number of allylic oxidation sites excluding steroid dienone is 3. The summed E-state index contributed by atoms with van der Waals surface area (Å²) in [6.07, 6.45) is 4.74. The first kappa shape index (κ1) is 15.4. The molecular formula is C18H23NO2. The lowest BCUT2D eigenvalue weighted by Crippen LogP contribution is -2.24. The van der Waals surface area contributed by atoms with Crippen molar-refractivity contribution in [2.24, 2.45) is 5.92 Å². The maximum absolute atomic E-state index is 12.2. The van der Waals surface area contributed by atoms with Crippen LogP contribution in [0.3, 0.4) is 0 Å². The number of carbonyl (C=O) groups excluding carboxylic acids is 1. The second-order valence-corrected chi connectivity index (χ2v) is 5.32. The van der Waals surface area contributed by atoms with Crippen molar-refractivity contribution in [3.8, 4) is 0 Å². The number of methoxy groups -OCH3 is 1. The molecule has 0 radical (unpaired) electrons. The van der Waals surface area contributed by atoms with Crippen LogP contribution in [-0.4, -0.2) is 12.9 Å². The Bertz CT molecular complexity index is 558. The van der Waals surface area contributed by atoms with Gasteiger partial charge < -0.3 is 10.1 Å². The Labute approximate surface area is 126 Å². The minimum Gasteiger partial charge on any atom is -0.496 e. The minimum absolute atomic E-state index is 0.0885. The molecule has 1 atom stereocenters. The first-order valence-electron chi connectivity index (χ1n) is 7.52. The fourth-order valence-electron chi connectivity index (χ4n) is 2.53. The van der Waals surface area contributed by atoms with Crippen molar-refractivity contribution in [1.82, 2.24) is 0 Å². The number of benzene rings is 1. The number of unbranched alkanes of at least 4 members (excludes halogenated alkanes) is 1. The molecule has 1 N–H and O–H groups in total. The van der Waals surface area contributed by atoms with Crippen molar-refractivity contribution in [3.63, 3.8) is 0 Å². The van der Waals surface area contributed by atoms with Crippen molar-refractivity contribution < 1.29 is 9.53 Å². The molecule has 1 aromatic carbocycles. The Balaban J connectivity index is 2.38. The van der Waals surface area contributed by atoms with Gasteiger partial charge in [0.1, 0.15) is 5.76 Å². The fraction of sp³-hybridized carbons (Fsp3) is 0.389. The molecular weight excluding hydrogens is 262 g/mol. The topological polar surface area (TPSA) is 38.3 Å². The third-order valence-corrected chi connectivity index (χ3v) is 3.81. The van der Waals surface area contributed by atoms with Gasteiger partial charge in [0.05, 0.1) is 13.0 Å². The summed E-state index contributed by atoms with van der Waals surface area (Å²) in [7, 11) is 1.63. The summed E-state index contributed by atoms with van der Waals surface area (Å²) in [5, 5.41) is 3.42. The van der Waals surface area contributed by atoms with Crippen LogP contribution in [0.25, 0.3) is 0 Å². The van der Waals surface area contributed by atoms with E-state index in [1.807, 2.05) is 37.3 Å². The predicted molar refractivity (Wildman–Crippen MR) is 85.9 cm³/mol. The summed E-state index contributed by atoms with van der Waals surface area (Å²) in [6, 6.07) is 9.96. The molecule has 112 valence electrons. The van der Waals surface area contributed by atoms with Crippen LogP contribution in [-0.2, 0) is 9.53 Å². The zero-order valence-corrected chi connectivity index (χ0v) is 13.0. The van der Waals surface area contributed by atoms with Crippen molar-refractivity contribution in [2.45, 2.75) is 33.1 Å². The van der Waals surface area contributed by atoms with Crippen LogP contribution in [0.4, 0.5) is 5.69 Å². The Morgan fingerprint density at radius 3 is 2.57 bits per heavy atom. The Kier molecular flexibility index (Phi) is 5.20. The SMILES string of the molecule is CCCCC1=C(Nc2ccccc2)C(C)C(=O)C=C1OC. The summed E-state index contributed by atoms with van der Waals surface area (Å²) >= 11 is 0. The van der Waals surface area contributed by atoms with E-state index in [1.54, 1.807) is 13.2 Å². The van der Waals surface area contributed by atoms with Gasteiger partial charge >= 0.3 is 0 Å². The summed E-state index contributed by atoms with van der Waals surface area (Å²) in [5.41, 5.74) is 3.09. The van der Waals surface area contributed by atoms with Gasteiger partial charge in [0, 0.05) is 23.0 Å². The quantitative estimate of drug-likeness (QED) is 0.847. The highest BCUT2D eigenvalue weighted by atomic mass is 16.5. The van der Waals surface area contributed by atoms with Crippen molar-refractivity contribution >= 4 is 11.5 Å². The summed E-state index contributed by atoms with van der Waals surface area (Å²) in [6.45, 7) is 4.11. The van der Waals surface area contributed by atoms with E-state index in [2.05, 4.69) is 12.2 Å². The first-order valence-corrected chi connectivity index (χ1v) is 7.52. The van der Waals surface area contributed by atoms with E-state index < -0.39 is 0 Å². The maximum Gasteiger partial charge on any atom is 0.168 e. The molecule has 0 saturated carbocycles. The molecule has 1 unspecified atom stereocenters. The van der Waals surface area contributed by atoms with Gasteiger partial charge in [0.25, 0.3) is 0 Å². The zero-order valence-electron chi connectivity index (χ0n) is 13.0. The largest absolute Gasteiger partial charge is 0.496 e. The maximum atomic E-state index is 12.2. The normalized spacial score (nSPS) is 18.5. The second kappa shape index (κ2) is 7.11. The molecule has 0 aromatic heterocycles. The van der Waals surface area contributed by atoms with E-state index in [4.69, 9.17) is 4.74 Å². The minimum atomic E-state index is -0.157. The van der Waals surface area contributed by atoms with Crippen LogP contribution in [0.1, 0.15) is 33.1 Å². The summed E-state index contributed by atoms with van der Waals surface area (Å²) in [4.78, 5) is 12.2. The lowest BCUT2D eigenvalue weighted by Gasteiger charge is -2.26. The number of hydrogen-bond donors (Lipinski definition) is 1. The third kappa shape index (κ3) is 3.54. The van der Waals surface area contributed by atoms with Gasteiger partial charge in [-0.1, -0.05) is 31.5 Å². The molecule has 1 aromatic rings. The Hall–Kier alpha value is -2.03. The van der Waals surface area contributed by atoms with E-state index in [-0.39, 0.29) is 11.7 Å². The molecule has 3 heteroatoms. The van der Waals surface area contributed by atoms with Crippen LogP contribution in [0.15, 0.2) is 53.4 Å². The van der Waals surface area contributed by atoms with E-state index in [9.17, 15) is 4.79 Å². The fourth-order valence-corrected chi connectivity index (χ4v) is 2.53. The van der Waals surface area contributed by atoms with Gasteiger partial charge in [-0.25, -0.2) is 0 Å². The van der Waals surface area contributed by atoms with Gasteiger partial charge in [-0.2, -0.15) is 0 Å². The van der Waals surface area contributed by atoms with E-state index >= 15 is 0 Å². The van der Waals surface area contributed by atoms with Crippen LogP contribution >= 0.6 is 0 Å². The van der Waals surface area contributed by atoms with Crippen LogP contribution < -0.4 is 5.32 Å². The second-order valence-electron chi connectivity index (χ2n) is 5.32. The van der Waals surface area contributed by atoms with Crippen molar-refractivity contribution in [2.75, 3.05) is 12.4 Å². The van der Waals surface area contributed by atoms with Crippen LogP contribution in [0.2, 0.25) is 0 Å². The average molecular weight is 285 g/mol. The highest BCUT2D eigenvalue weighted by Gasteiger charge is 2.27. The summed E-state index contributed by atoms with van der Waals surface area (Å²) in [5.74, 6) is 0.631. The highest BCUT2D eigenvalue weighted by molar-refractivity contribution is 5.97. The highest BCUT2D eigenvalue weighted by Crippen LogP contribution is 2.32. The molecule has 0 heterocycles. The van der Waals surface area contributed by atoms with E-state index in [0.29, 0.717) is 5.76 Å². The summed E-state index contributed by atoms with van der Waals surface area (Å²) < 4.78 is 5.43. The van der Waals surface area contributed by atoms with Gasteiger partial charge in [-0.05, 0) is 31.9 Å². The molecule has 1 aliphatic carbocycles. The lowest BCUT2D eigenvalue weighted by molar-refractivity contribution is -0.117. The van der Waals surface area contributed by atoms with E-state index in [1.165, 1.54) is 0 Å². The first-order chi connectivity index (χ1) is 10.2. The molecule has 0 bridgehead atoms. The number of carbonyl (C=O) groups is 1. The van der Waals surface area contributed by atoms with Crippen LogP contribution in [0, 0.1) is 5.92 Å². The van der Waals surface area contributed by atoms with Crippen molar-refractivity contribution in [3.05, 3.63) is 53.4 Å². The standard InChI is InChI=1S/C18H23NO2/c1-4-5-11-15-17(21-3)12-16(20)13(2)18(15)19-14-9-7-6-8-10-14/h6-10,12-13,19H,4-5,11H2,1-3H3. The number of nitrogens with one attached hydrogen (secondary N) is 1. The average Bonchev–Trinajstić information content (AvgIpc) is 2.51. The molecule has 0 saturated heterocycles. The van der Waals surface area contributed by atoms with Crippen molar-refractivity contribution in [1.29, 1.82) is 0 Å². The lowest BCUT2D eigenvalue weighted by atomic mass is 9.88. The van der Waals surface area contributed by atoms with Gasteiger partial charge in [0.2, 0.25) is 0 Å². The zero-order chi connectivity index (χ0) is 15.2. The van der Waals surface area contributed by atoms with Gasteiger partial charge in [-0.3, -0.25) is 4.79 Å². The molecule has 2 rings (SSSR count). The molecule has 21 heavy (non-hydrogen) atoms. The number of ketones is 1. The van der Waals surface area contributed by atoms with E-state index in [0.717, 1.165) is 36.2 Å². The molecule has 0 spiro atoms. The molecule has 0 amide bonds. The van der Waals surface area contributed by atoms with Gasteiger partial charge in [-0.15, -0.1) is 0 Å². The molecule has 0 fully saturated rings. The Morgan fingerprint density at radius 2 is 1.95 bits per heavy atom. The third-order valence-electron chi connectivity index (χ3n) is 3.81. The monoisotopic (exact) mass is 285 g/mol. The predicted octanol–water partition coefficient (Wildman–Crippen LogP) is 4.29.